The Kier molecular flexibility index (Phi) is 5.16. The van der Waals surface area contributed by atoms with Gasteiger partial charge in [0, 0.05) is 5.40 Å². The minimum atomic E-state index is 0.875. The summed E-state index contributed by atoms with van der Waals surface area (Å²) in [5, 5.41) is 0.875. The van der Waals surface area contributed by atoms with Crippen molar-refractivity contribution >= 4 is 23.1 Å². The summed E-state index contributed by atoms with van der Waals surface area (Å²) in [4.78, 5) is 0. The summed E-state index contributed by atoms with van der Waals surface area (Å²) >= 11 is 0. The fraction of sp³-hybridized carbons (Fsp3) is 0.800. The average Bonchev–Trinajstić information content (AvgIpc) is 1.72. The van der Waals surface area contributed by atoms with Crippen molar-refractivity contribution in [2.24, 2.45) is 0 Å². The molecule has 0 aliphatic heterocycles. The molecule has 0 rings (SSSR count). The van der Waals surface area contributed by atoms with Crippen LogP contribution in [0.5, 0.6) is 0 Å². The lowest BCUT2D eigenvalue weighted by Crippen LogP contribution is -1.81. The van der Waals surface area contributed by atoms with Gasteiger partial charge in [0.2, 0.25) is 0 Å². The largest absolute Gasteiger partial charge is 0.113 e. The topological polar surface area (TPSA) is 0 Å². The van der Waals surface area contributed by atoms with Crippen molar-refractivity contribution in [3.63, 3.8) is 0 Å². The Morgan fingerprint density at radius 1 is 1.86 bits per heavy atom. The first-order valence-corrected chi connectivity index (χ1v) is 5.20. The van der Waals surface area contributed by atoms with Crippen LogP contribution in [0.2, 0.25) is 0 Å². The molecular weight excluding hydrogens is 122 g/mol. The first kappa shape index (κ1) is 7.60. The van der Waals surface area contributed by atoms with Gasteiger partial charge in [0.05, 0.1) is 0 Å². The standard InChI is InChI=1S/C5H12P2/c1-4-5(6-2)7-3/h5,7H,2,4H2,1,3H3. The second-order valence-corrected chi connectivity index (χ2v) is 4.14. The van der Waals surface area contributed by atoms with E-state index in [4.69, 9.17) is 0 Å². The van der Waals surface area contributed by atoms with E-state index in [1.54, 1.807) is 0 Å². The SMILES string of the molecule is C=PC(CC)PC. The van der Waals surface area contributed by atoms with Crippen molar-refractivity contribution in [3.8, 4) is 0 Å². The normalized spacial score (nSPS) is 16.3. The Balaban J connectivity index is 3.16. The first-order valence-electron chi connectivity index (χ1n) is 2.48. The number of hydrogen-bond acceptors (Lipinski definition) is 0. The lowest BCUT2D eigenvalue weighted by molar-refractivity contribution is 1.05. The summed E-state index contributed by atoms with van der Waals surface area (Å²) in [7, 11) is 2.40. The molecule has 0 spiro atoms. The van der Waals surface area contributed by atoms with Crippen LogP contribution in [0, 0.1) is 0 Å². The highest BCUT2D eigenvalue weighted by molar-refractivity contribution is 7.56. The monoisotopic (exact) mass is 134 g/mol. The van der Waals surface area contributed by atoms with Gasteiger partial charge in [-0.25, -0.2) is 0 Å². The lowest BCUT2D eigenvalue weighted by atomic mass is 10.6. The van der Waals surface area contributed by atoms with Gasteiger partial charge < -0.3 is 0 Å². The van der Waals surface area contributed by atoms with Crippen LogP contribution in [0.25, 0.3) is 0 Å². The van der Waals surface area contributed by atoms with E-state index in [9.17, 15) is 0 Å². The Morgan fingerprint density at radius 3 is 2.43 bits per heavy atom. The van der Waals surface area contributed by atoms with Crippen molar-refractivity contribution in [3.05, 3.63) is 0 Å². The maximum absolute atomic E-state index is 3.81. The van der Waals surface area contributed by atoms with Gasteiger partial charge in [-0.2, -0.15) is 0 Å². The molecule has 2 unspecified atom stereocenters. The fourth-order valence-electron chi connectivity index (χ4n) is 0.425. The highest BCUT2D eigenvalue weighted by Crippen LogP contribution is 2.26. The van der Waals surface area contributed by atoms with Crippen LogP contribution in [0.15, 0.2) is 0 Å². The van der Waals surface area contributed by atoms with E-state index in [0.29, 0.717) is 0 Å². The van der Waals surface area contributed by atoms with E-state index in [2.05, 4.69) is 19.9 Å². The summed E-state index contributed by atoms with van der Waals surface area (Å²) in [6.07, 6.45) is 5.10. The second-order valence-electron chi connectivity index (χ2n) is 1.40. The fourth-order valence-corrected chi connectivity index (χ4v) is 1.82. The smallest absolute Gasteiger partial charge is 0.0171 e. The number of hydrogen-bond donors (Lipinski definition) is 0. The van der Waals surface area contributed by atoms with Crippen molar-refractivity contribution in [2.45, 2.75) is 18.7 Å². The van der Waals surface area contributed by atoms with Gasteiger partial charge in [-0.15, -0.1) is 16.8 Å². The van der Waals surface area contributed by atoms with E-state index < -0.39 is 0 Å². The third-order valence-electron chi connectivity index (χ3n) is 0.940. The lowest BCUT2D eigenvalue weighted by Gasteiger charge is -2.00. The minimum absolute atomic E-state index is 0.875. The zero-order valence-corrected chi connectivity index (χ0v) is 6.83. The molecule has 7 heavy (non-hydrogen) atoms. The van der Waals surface area contributed by atoms with Crippen LogP contribution in [-0.4, -0.2) is 18.4 Å². The van der Waals surface area contributed by atoms with Gasteiger partial charge >= 0.3 is 0 Å². The molecule has 0 aromatic rings. The van der Waals surface area contributed by atoms with E-state index in [1.165, 1.54) is 14.6 Å². The Morgan fingerprint density at radius 2 is 2.43 bits per heavy atom. The molecule has 42 valence electrons. The van der Waals surface area contributed by atoms with E-state index in [-0.39, 0.29) is 0 Å². The maximum Gasteiger partial charge on any atom is 0.0171 e. The Hall–Kier alpha value is 0.600. The van der Waals surface area contributed by atoms with E-state index in [0.717, 1.165) is 14.0 Å². The van der Waals surface area contributed by atoms with Crippen molar-refractivity contribution < 1.29 is 0 Å². The molecule has 0 amide bonds. The summed E-state index contributed by atoms with van der Waals surface area (Å²) in [5.74, 6) is 0. The molecule has 0 fully saturated rings. The van der Waals surface area contributed by atoms with E-state index >= 15 is 0 Å². The zero-order valence-electron chi connectivity index (χ0n) is 4.94. The van der Waals surface area contributed by atoms with Crippen LogP contribution in [0.4, 0.5) is 0 Å². The predicted octanol–water partition coefficient (Wildman–Crippen LogP) is 2.41. The molecule has 0 nitrogen and oxygen atoms in total. The third kappa shape index (κ3) is 3.21. The first-order chi connectivity index (χ1) is 3.35. The molecule has 2 atom stereocenters. The Labute approximate surface area is 49.3 Å². The molecule has 2 heteroatoms. The van der Waals surface area contributed by atoms with Crippen LogP contribution in [0.1, 0.15) is 13.3 Å². The maximum atomic E-state index is 3.81. The summed E-state index contributed by atoms with van der Waals surface area (Å²) < 4.78 is 0. The van der Waals surface area contributed by atoms with Gasteiger partial charge in [-0.1, -0.05) is 13.2 Å². The highest BCUT2D eigenvalue weighted by atomic mass is 31.1. The average molecular weight is 134 g/mol. The van der Waals surface area contributed by atoms with Gasteiger partial charge in [0.25, 0.3) is 0 Å². The van der Waals surface area contributed by atoms with Gasteiger partial charge in [-0.3, -0.25) is 0 Å². The zero-order chi connectivity index (χ0) is 5.70. The number of rotatable bonds is 3. The molecule has 0 aromatic carbocycles. The van der Waals surface area contributed by atoms with Crippen LogP contribution >= 0.6 is 16.8 Å². The molecule has 0 bridgehead atoms. The molecule has 0 aliphatic rings. The van der Waals surface area contributed by atoms with Gasteiger partial charge in [0.1, 0.15) is 0 Å². The van der Waals surface area contributed by atoms with Crippen molar-refractivity contribution in [1.29, 1.82) is 0 Å². The molecular formula is C5H12P2. The summed E-state index contributed by atoms with van der Waals surface area (Å²) in [5.41, 5.74) is 0. The minimum Gasteiger partial charge on any atom is -0.113 e. The van der Waals surface area contributed by atoms with Gasteiger partial charge in [-0.05, 0) is 13.1 Å². The van der Waals surface area contributed by atoms with Crippen molar-refractivity contribution in [1.82, 2.24) is 0 Å². The third-order valence-corrected chi connectivity index (χ3v) is 4.14. The molecule has 0 N–H and O–H groups in total. The molecule has 0 aliphatic carbocycles. The van der Waals surface area contributed by atoms with E-state index in [1.807, 2.05) is 0 Å². The molecule has 0 aromatic heterocycles. The van der Waals surface area contributed by atoms with Gasteiger partial charge in [0.15, 0.2) is 0 Å². The summed E-state index contributed by atoms with van der Waals surface area (Å²) in [6, 6.07) is 0. The second kappa shape index (κ2) is 4.75. The Bertz CT molecular complexity index is 48.0. The summed E-state index contributed by atoms with van der Waals surface area (Å²) in [6.45, 7) is 4.46. The quantitative estimate of drug-likeness (QED) is 0.520. The predicted molar refractivity (Wildman–Crippen MR) is 42.4 cm³/mol. The van der Waals surface area contributed by atoms with Crippen LogP contribution < -0.4 is 0 Å². The van der Waals surface area contributed by atoms with Crippen LogP contribution in [-0.2, 0) is 0 Å². The molecule has 0 heterocycles. The van der Waals surface area contributed by atoms with Crippen molar-refractivity contribution in [2.75, 3.05) is 6.66 Å². The molecule has 0 saturated carbocycles. The highest BCUT2D eigenvalue weighted by Gasteiger charge is 1.92. The van der Waals surface area contributed by atoms with Crippen LogP contribution in [0.3, 0.4) is 0 Å². The molecule has 0 radical (unpaired) electrons. The molecule has 0 saturated heterocycles.